The lowest BCUT2D eigenvalue weighted by atomic mass is 10.2. The van der Waals surface area contributed by atoms with E-state index in [0.717, 1.165) is 24.6 Å². The Balaban J connectivity index is 1.96. The minimum atomic E-state index is 0.785. The first-order valence-electron chi connectivity index (χ1n) is 6.34. The molecule has 1 aromatic heterocycles. The van der Waals surface area contributed by atoms with Crippen LogP contribution >= 0.6 is 0 Å². The van der Waals surface area contributed by atoms with Crippen LogP contribution in [0.4, 0.5) is 5.82 Å². The van der Waals surface area contributed by atoms with Gasteiger partial charge in [0.25, 0.3) is 0 Å². The van der Waals surface area contributed by atoms with Crippen LogP contribution in [0.5, 0.6) is 0 Å². The van der Waals surface area contributed by atoms with E-state index < -0.39 is 0 Å². The van der Waals surface area contributed by atoms with Crippen molar-refractivity contribution in [3.63, 3.8) is 0 Å². The molecule has 1 aliphatic rings. The first-order chi connectivity index (χ1) is 7.79. The van der Waals surface area contributed by atoms with E-state index in [4.69, 9.17) is 5.73 Å². The number of nitrogens with zero attached hydrogens (tertiary/aromatic N) is 3. The summed E-state index contributed by atoms with van der Waals surface area (Å²) in [5.41, 5.74) is 6.98. The Kier molecular flexibility index (Phi) is 3.83. The highest BCUT2D eigenvalue weighted by atomic mass is 15.3. The lowest BCUT2D eigenvalue weighted by Crippen LogP contribution is -2.24. The summed E-state index contributed by atoms with van der Waals surface area (Å²) in [5.74, 6) is 0.785. The van der Waals surface area contributed by atoms with Crippen LogP contribution in [0.3, 0.4) is 0 Å². The van der Waals surface area contributed by atoms with Crippen LogP contribution in [0.25, 0.3) is 0 Å². The molecule has 0 spiro atoms. The van der Waals surface area contributed by atoms with Crippen molar-refractivity contribution < 1.29 is 0 Å². The topological polar surface area (TPSA) is 47.1 Å². The predicted molar refractivity (Wildman–Crippen MR) is 66.1 cm³/mol. The standard InChI is InChI=1S/C12H22N4/c1-2-16-12(13)9-11(14-16)10-15-7-5-3-4-6-8-15/h9H,2-8,10,13H2,1H3. The molecule has 90 valence electrons. The van der Waals surface area contributed by atoms with Crippen LogP contribution in [0, 0.1) is 0 Å². The third-order valence-electron chi connectivity index (χ3n) is 3.25. The van der Waals surface area contributed by atoms with E-state index in [1.807, 2.05) is 10.7 Å². The quantitative estimate of drug-likeness (QED) is 0.849. The zero-order valence-corrected chi connectivity index (χ0v) is 10.2. The van der Waals surface area contributed by atoms with Gasteiger partial charge in [0.05, 0.1) is 5.69 Å². The van der Waals surface area contributed by atoms with Gasteiger partial charge in [-0.1, -0.05) is 12.8 Å². The van der Waals surface area contributed by atoms with E-state index in [2.05, 4.69) is 16.9 Å². The molecule has 0 atom stereocenters. The van der Waals surface area contributed by atoms with E-state index >= 15 is 0 Å². The Morgan fingerprint density at radius 2 is 1.94 bits per heavy atom. The summed E-state index contributed by atoms with van der Waals surface area (Å²) in [5, 5.41) is 4.50. The van der Waals surface area contributed by atoms with Crippen molar-refractivity contribution in [1.29, 1.82) is 0 Å². The van der Waals surface area contributed by atoms with E-state index in [0.29, 0.717) is 0 Å². The molecular weight excluding hydrogens is 200 g/mol. The average molecular weight is 222 g/mol. The second kappa shape index (κ2) is 5.34. The van der Waals surface area contributed by atoms with Gasteiger partial charge >= 0.3 is 0 Å². The van der Waals surface area contributed by atoms with Crippen molar-refractivity contribution in [1.82, 2.24) is 14.7 Å². The minimum Gasteiger partial charge on any atom is -0.384 e. The van der Waals surface area contributed by atoms with Gasteiger partial charge in [-0.2, -0.15) is 5.10 Å². The Morgan fingerprint density at radius 1 is 1.25 bits per heavy atom. The average Bonchev–Trinajstić information content (AvgIpc) is 2.50. The maximum absolute atomic E-state index is 5.87. The number of aryl methyl sites for hydroxylation is 1. The zero-order valence-electron chi connectivity index (χ0n) is 10.2. The SMILES string of the molecule is CCn1nc(CN2CCCCCC2)cc1N. The third kappa shape index (κ3) is 2.76. The molecule has 4 nitrogen and oxygen atoms in total. The summed E-state index contributed by atoms with van der Waals surface area (Å²) in [6, 6.07) is 2.01. The molecule has 2 heterocycles. The van der Waals surface area contributed by atoms with Crippen molar-refractivity contribution in [3.8, 4) is 0 Å². The summed E-state index contributed by atoms with van der Waals surface area (Å²) in [6.45, 7) is 6.29. The van der Waals surface area contributed by atoms with E-state index in [1.54, 1.807) is 0 Å². The minimum absolute atomic E-state index is 0.785. The molecule has 1 aromatic rings. The molecule has 0 bridgehead atoms. The molecule has 1 aliphatic heterocycles. The Bertz CT molecular complexity index is 324. The van der Waals surface area contributed by atoms with Crippen LogP contribution in [0.1, 0.15) is 38.3 Å². The molecule has 1 saturated heterocycles. The number of hydrogen-bond donors (Lipinski definition) is 1. The summed E-state index contributed by atoms with van der Waals surface area (Å²) in [7, 11) is 0. The third-order valence-corrected chi connectivity index (χ3v) is 3.25. The Morgan fingerprint density at radius 3 is 2.50 bits per heavy atom. The van der Waals surface area contributed by atoms with Crippen molar-refractivity contribution in [2.75, 3.05) is 18.8 Å². The van der Waals surface area contributed by atoms with E-state index in [1.165, 1.54) is 38.8 Å². The second-order valence-electron chi connectivity index (χ2n) is 4.57. The second-order valence-corrected chi connectivity index (χ2v) is 4.57. The van der Waals surface area contributed by atoms with Crippen molar-refractivity contribution in [2.24, 2.45) is 0 Å². The number of likely N-dealkylation sites (tertiary alicyclic amines) is 1. The maximum Gasteiger partial charge on any atom is 0.121 e. The molecule has 0 radical (unpaired) electrons. The summed E-state index contributed by atoms with van der Waals surface area (Å²) < 4.78 is 1.87. The smallest absolute Gasteiger partial charge is 0.121 e. The van der Waals surface area contributed by atoms with Crippen LogP contribution in [0.2, 0.25) is 0 Å². The van der Waals surface area contributed by atoms with Gasteiger partial charge < -0.3 is 5.73 Å². The Hall–Kier alpha value is -1.03. The van der Waals surface area contributed by atoms with Gasteiger partial charge in [0.1, 0.15) is 5.82 Å². The van der Waals surface area contributed by atoms with Gasteiger partial charge in [0.2, 0.25) is 0 Å². The largest absolute Gasteiger partial charge is 0.384 e. The van der Waals surface area contributed by atoms with Crippen LogP contribution in [0.15, 0.2) is 6.07 Å². The molecule has 1 fully saturated rings. The van der Waals surface area contributed by atoms with Crippen molar-refractivity contribution >= 4 is 5.82 Å². The molecule has 0 unspecified atom stereocenters. The van der Waals surface area contributed by atoms with Gasteiger partial charge in [0.15, 0.2) is 0 Å². The molecule has 0 saturated carbocycles. The van der Waals surface area contributed by atoms with Crippen LogP contribution < -0.4 is 5.73 Å². The summed E-state index contributed by atoms with van der Waals surface area (Å²) in [4.78, 5) is 2.49. The lowest BCUT2D eigenvalue weighted by molar-refractivity contribution is 0.272. The van der Waals surface area contributed by atoms with Crippen LogP contribution in [-0.2, 0) is 13.1 Å². The number of hydrogen-bond acceptors (Lipinski definition) is 3. The van der Waals surface area contributed by atoms with Gasteiger partial charge in [-0.05, 0) is 32.9 Å². The van der Waals surface area contributed by atoms with E-state index in [-0.39, 0.29) is 0 Å². The van der Waals surface area contributed by atoms with Gasteiger partial charge in [-0.25, -0.2) is 0 Å². The number of nitrogens with two attached hydrogens (primary N) is 1. The number of rotatable bonds is 3. The fourth-order valence-corrected chi connectivity index (χ4v) is 2.34. The highest BCUT2D eigenvalue weighted by Crippen LogP contribution is 2.14. The molecule has 2 N–H and O–H groups in total. The first kappa shape index (κ1) is 11.5. The van der Waals surface area contributed by atoms with E-state index in [9.17, 15) is 0 Å². The monoisotopic (exact) mass is 222 g/mol. The molecular formula is C12H22N4. The Labute approximate surface area is 97.4 Å². The number of anilines is 1. The molecule has 4 heteroatoms. The fourth-order valence-electron chi connectivity index (χ4n) is 2.34. The highest BCUT2D eigenvalue weighted by Gasteiger charge is 2.11. The van der Waals surface area contributed by atoms with Gasteiger partial charge in [-0.15, -0.1) is 0 Å². The molecule has 0 amide bonds. The van der Waals surface area contributed by atoms with Crippen LogP contribution in [-0.4, -0.2) is 27.8 Å². The number of nitrogen functional groups attached to an aromatic ring is 1. The highest BCUT2D eigenvalue weighted by molar-refractivity contribution is 5.30. The van der Waals surface area contributed by atoms with Crippen molar-refractivity contribution in [2.45, 2.75) is 45.7 Å². The predicted octanol–water partition coefficient (Wildman–Crippen LogP) is 1.86. The molecule has 2 rings (SSSR count). The van der Waals surface area contributed by atoms with Crippen molar-refractivity contribution in [3.05, 3.63) is 11.8 Å². The molecule has 16 heavy (non-hydrogen) atoms. The maximum atomic E-state index is 5.87. The fraction of sp³-hybridized carbons (Fsp3) is 0.750. The normalized spacial score (nSPS) is 18.6. The molecule has 0 aliphatic carbocycles. The number of aromatic nitrogens is 2. The summed E-state index contributed by atoms with van der Waals surface area (Å²) in [6.07, 6.45) is 5.40. The van der Waals surface area contributed by atoms with Gasteiger partial charge in [0, 0.05) is 19.2 Å². The molecule has 0 aromatic carbocycles. The lowest BCUT2D eigenvalue weighted by Gasteiger charge is -2.17. The first-order valence-corrected chi connectivity index (χ1v) is 6.34. The zero-order chi connectivity index (χ0) is 11.4. The summed E-state index contributed by atoms with van der Waals surface area (Å²) >= 11 is 0. The van der Waals surface area contributed by atoms with Gasteiger partial charge in [-0.3, -0.25) is 9.58 Å².